The van der Waals surface area contributed by atoms with Crippen molar-refractivity contribution in [1.82, 2.24) is 0 Å². The highest BCUT2D eigenvalue weighted by Gasteiger charge is 2.53. The van der Waals surface area contributed by atoms with Gasteiger partial charge in [-0.25, -0.2) is 0 Å². The van der Waals surface area contributed by atoms with Gasteiger partial charge in [0.25, 0.3) is 5.69 Å². The second-order valence-electron chi connectivity index (χ2n) is 9.95. The Labute approximate surface area is 165 Å². The lowest BCUT2D eigenvalue weighted by molar-refractivity contribution is -0.386. The molecule has 2 rings (SSSR count). The van der Waals surface area contributed by atoms with Gasteiger partial charge < -0.3 is 13.7 Å². The molecule has 27 heavy (non-hydrogen) atoms. The third-order valence-corrected chi connectivity index (χ3v) is 6.98. The van der Waals surface area contributed by atoms with E-state index in [1.54, 1.807) is 6.07 Å². The number of hydrogen-bond donors (Lipinski definition) is 0. The highest BCUT2D eigenvalue weighted by atomic mass is 28.2. The molecule has 0 radical (unpaired) electrons. The standard InChI is InChI=1S/C19H32BNO5Si/c1-16(2,3)27-26-17(4,5)15-13(11-10-12-14(15)21(22)23)20-24-18(6,7)19(8,9)25-20/h10-12H,27H2,1-9H3. The van der Waals surface area contributed by atoms with Crippen molar-refractivity contribution in [2.24, 2.45) is 0 Å². The summed E-state index contributed by atoms with van der Waals surface area (Å²) >= 11 is 0. The summed E-state index contributed by atoms with van der Waals surface area (Å²) in [7, 11) is -1.60. The second-order valence-corrected chi connectivity index (χ2v) is 12.6. The van der Waals surface area contributed by atoms with Gasteiger partial charge in [0.1, 0.15) is 0 Å². The molecule has 8 heteroatoms. The van der Waals surface area contributed by atoms with Crippen LogP contribution in [0.1, 0.15) is 67.9 Å². The summed E-state index contributed by atoms with van der Waals surface area (Å²) in [6.45, 7) is 18.1. The van der Waals surface area contributed by atoms with Gasteiger partial charge in [0, 0.05) is 6.07 Å². The largest absolute Gasteiger partial charge is 0.495 e. The van der Waals surface area contributed by atoms with Gasteiger partial charge >= 0.3 is 7.12 Å². The maximum atomic E-state index is 11.8. The van der Waals surface area contributed by atoms with Crippen LogP contribution in [0.15, 0.2) is 18.2 Å². The van der Waals surface area contributed by atoms with Crippen molar-refractivity contribution in [2.75, 3.05) is 0 Å². The maximum Gasteiger partial charge on any atom is 0.495 e. The van der Waals surface area contributed by atoms with Gasteiger partial charge in [0.15, 0.2) is 9.76 Å². The topological polar surface area (TPSA) is 70.8 Å². The fourth-order valence-corrected chi connectivity index (χ4v) is 3.94. The van der Waals surface area contributed by atoms with E-state index in [9.17, 15) is 10.1 Å². The van der Waals surface area contributed by atoms with Gasteiger partial charge in [0.2, 0.25) is 0 Å². The molecule has 1 aliphatic rings. The molecule has 1 aromatic rings. The number of nitro groups is 1. The van der Waals surface area contributed by atoms with Crippen LogP contribution in [0.5, 0.6) is 0 Å². The SMILES string of the molecule is CC(C)(C)[SiH2]OC(C)(C)c1c(B2OC(C)(C)C(C)(C)O2)cccc1[N+](=O)[O-]. The Bertz CT molecular complexity index is 711. The van der Waals surface area contributed by atoms with Crippen LogP contribution in [0.2, 0.25) is 5.04 Å². The van der Waals surface area contributed by atoms with Crippen LogP contribution in [0.3, 0.4) is 0 Å². The number of rotatable bonds is 5. The Morgan fingerprint density at radius 2 is 1.59 bits per heavy atom. The average Bonchev–Trinajstić information content (AvgIpc) is 2.72. The van der Waals surface area contributed by atoms with E-state index in [0.29, 0.717) is 11.0 Å². The first-order valence-corrected chi connectivity index (χ1v) is 10.6. The predicted molar refractivity (Wildman–Crippen MR) is 111 cm³/mol. The van der Waals surface area contributed by atoms with Crippen molar-refractivity contribution >= 4 is 28.0 Å². The lowest BCUT2D eigenvalue weighted by atomic mass is 9.72. The molecule has 0 aliphatic carbocycles. The minimum absolute atomic E-state index is 0.0371. The fraction of sp³-hybridized carbons (Fsp3) is 0.684. The summed E-state index contributed by atoms with van der Waals surface area (Å²) in [5.74, 6) is 0. The van der Waals surface area contributed by atoms with E-state index in [4.69, 9.17) is 13.7 Å². The molecule has 1 fully saturated rings. The molecule has 0 spiro atoms. The van der Waals surface area contributed by atoms with Gasteiger partial charge in [-0.3, -0.25) is 10.1 Å². The third-order valence-electron chi connectivity index (χ3n) is 5.25. The molecule has 0 bridgehead atoms. The molecule has 0 unspecified atom stereocenters. The fourth-order valence-electron chi connectivity index (χ4n) is 3.00. The zero-order chi connectivity index (χ0) is 20.8. The van der Waals surface area contributed by atoms with E-state index >= 15 is 0 Å². The molecule has 1 aromatic carbocycles. The highest BCUT2D eigenvalue weighted by molar-refractivity contribution is 6.62. The Balaban J connectivity index is 2.54. The number of nitrogens with zero attached hydrogens (tertiary/aromatic N) is 1. The Morgan fingerprint density at radius 3 is 2.04 bits per heavy atom. The highest BCUT2D eigenvalue weighted by Crippen LogP contribution is 2.39. The summed E-state index contributed by atoms with van der Waals surface area (Å²) in [5, 5.41) is 11.8. The van der Waals surface area contributed by atoms with Crippen LogP contribution in [-0.4, -0.2) is 33.0 Å². The second kappa shape index (κ2) is 6.99. The first kappa shape index (κ1) is 22.1. The summed E-state index contributed by atoms with van der Waals surface area (Å²) in [6, 6.07) is 5.04. The van der Waals surface area contributed by atoms with E-state index in [1.807, 2.05) is 47.6 Å². The molecule has 0 aromatic heterocycles. The van der Waals surface area contributed by atoms with Gasteiger partial charge in [-0.2, -0.15) is 0 Å². The molecule has 0 atom stereocenters. The van der Waals surface area contributed by atoms with Crippen LogP contribution in [-0.2, 0) is 19.3 Å². The minimum atomic E-state index is -0.925. The summed E-state index contributed by atoms with van der Waals surface area (Å²) < 4.78 is 18.7. The zero-order valence-electron chi connectivity index (χ0n) is 18.0. The van der Waals surface area contributed by atoms with Crippen molar-refractivity contribution in [3.8, 4) is 0 Å². The van der Waals surface area contributed by atoms with Gasteiger partial charge in [-0.15, -0.1) is 0 Å². The van der Waals surface area contributed by atoms with Crippen LogP contribution in [0.25, 0.3) is 0 Å². The summed E-state index contributed by atoms with van der Waals surface area (Å²) in [5.41, 5.74) is -0.631. The quantitative estimate of drug-likeness (QED) is 0.435. The van der Waals surface area contributed by atoms with E-state index in [0.717, 1.165) is 0 Å². The molecule has 150 valence electrons. The van der Waals surface area contributed by atoms with Gasteiger partial charge in [0.05, 0.1) is 27.3 Å². The van der Waals surface area contributed by atoms with E-state index < -0.39 is 33.7 Å². The first-order valence-electron chi connectivity index (χ1n) is 9.35. The summed E-state index contributed by atoms with van der Waals surface area (Å²) in [4.78, 5) is 11.4. The van der Waals surface area contributed by atoms with Crippen LogP contribution >= 0.6 is 0 Å². The number of benzene rings is 1. The van der Waals surface area contributed by atoms with Crippen molar-refractivity contribution in [3.63, 3.8) is 0 Å². The van der Waals surface area contributed by atoms with Gasteiger partial charge in [-0.1, -0.05) is 32.9 Å². The molecule has 0 N–H and O–H groups in total. The molecule has 0 saturated carbocycles. The third kappa shape index (κ3) is 4.62. The maximum absolute atomic E-state index is 11.8. The Hall–Kier alpha value is -1.22. The molecular formula is C19H32BNO5Si. The Morgan fingerprint density at radius 1 is 1.07 bits per heavy atom. The van der Waals surface area contributed by atoms with Crippen LogP contribution in [0.4, 0.5) is 5.69 Å². The lowest BCUT2D eigenvalue weighted by Gasteiger charge is -2.32. The normalized spacial score (nSPS) is 19.8. The molecular weight excluding hydrogens is 361 g/mol. The monoisotopic (exact) mass is 393 g/mol. The number of hydrogen-bond acceptors (Lipinski definition) is 5. The van der Waals surface area contributed by atoms with E-state index in [2.05, 4.69) is 20.8 Å². The Kier molecular flexibility index (Phi) is 5.71. The molecule has 1 aliphatic heterocycles. The van der Waals surface area contributed by atoms with Crippen molar-refractivity contribution in [1.29, 1.82) is 0 Å². The predicted octanol–water partition coefficient (Wildman–Crippen LogP) is 3.45. The van der Waals surface area contributed by atoms with Crippen molar-refractivity contribution in [3.05, 3.63) is 33.9 Å². The van der Waals surface area contributed by atoms with Crippen molar-refractivity contribution in [2.45, 2.75) is 84.2 Å². The minimum Gasteiger partial charge on any atom is -0.414 e. The first-order chi connectivity index (χ1) is 12.1. The van der Waals surface area contributed by atoms with Crippen molar-refractivity contribution < 1.29 is 18.7 Å². The molecule has 6 nitrogen and oxygen atoms in total. The summed E-state index contributed by atoms with van der Waals surface area (Å²) in [6.07, 6.45) is 0. The lowest BCUT2D eigenvalue weighted by Crippen LogP contribution is -2.42. The number of nitro benzene ring substituents is 1. The smallest absolute Gasteiger partial charge is 0.414 e. The molecule has 1 heterocycles. The molecule has 1 saturated heterocycles. The van der Waals surface area contributed by atoms with Gasteiger partial charge in [-0.05, 0) is 52.0 Å². The van der Waals surface area contributed by atoms with Crippen LogP contribution < -0.4 is 5.46 Å². The van der Waals surface area contributed by atoms with Crippen LogP contribution in [0, 0.1) is 10.1 Å². The molecule has 0 amide bonds. The van der Waals surface area contributed by atoms with E-state index in [1.165, 1.54) is 6.07 Å². The van der Waals surface area contributed by atoms with E-state index in [-0.39, 0.29) is 15.6 Å². The zero-order valence-corrected chi connectivity index (χ0v) is 19.4. The average molecular weight is 393 g/mol.